The molecule has 0 amide bonds. The number of alkyl halides is 1. The van der Waals surface area contributed by atoms with Crippen LogP contribution in [-0.4, -0.2) is 30.7 Å². The Kier molecular flexibility index (Phi) is 4.49. The van der Waals surface area contributed by atoms with Crippen molar-refractivity contribution in [3.8, 4) is 5.75 Å². The highest BCUT2D eigenvalue weighted by atomic mass is 32.2. The van der Waals surface area contributed by atoms with Gasteiger partial charge >= 0.3 is 0 Å². The van der Waals surface area contributed by atoms with E-state index in [0.29, 0.717) is 5.75 Å². The highest BCUT2D eigenvalue weighted by molar-refractivity contribution is 8.14. The quantitative estimate of drug-likeness (QED) is 0.791. The van der Waals surface area contributed by atoms with Crippen molar-refractivity contribution in [2.75, 3.05) is 31.0 Å². The maximum absolute atomic E-state index is 11.9. The second kappa shape index (κ2) is 6.34. The number of halogens is 1. The smallest absolute Gasteiger partial charge is 0.175 e. The van der Waals surface area contributed by atoms with E-state index in [2.05, 4.69) is 15.8 Å². The Morgan fingerprint density at radius 1 is 1.29 bits per heavy atom. The lowest BCUT2D eigenvalue weighted by atomic mass is 10.3. The number of ether oxygens (including phenoxy) is 1. The van der Waals surface area contributed by atoms with Gasteiger partial charge in [-0.2, -0.15) is 0 Å². The number of amidine groups is 1. The minimum absolute atomic E-state index is 0.0957. The maximum atomic E-state index is 11.9. The van der Waals surface area contributed by atoms with Crippen LogP contribution in [-0.2, 0) is 0 Å². The fourth-order valence-electron chi connectivity index (χ4n) is 1.33. The lowest BCUT2D eigenvalue weighted by Crippen LogP contribution is -2.25. The Morgan fingerprint density at radius 2 is 2.12 bits per heavy atom. The van der Waals surface area contributed by atoms with Crippen LogP contribution < -0.4 is 15.6 Å². The van der Waals surface area contributed by atoms with E-state index < -0.39 is 6.67 Å². The summed E-state index contributed by atoms with van der Waals surface area (Å²) in [6, 6.07) is 7.31. The first-order valence-electron chi connectivity index (χ1n) is 5.36. The van der Waals surface area contributed by atoms with Crippen molar-refractivity contribution < 1.29 is 9.13 Å². The molecular formula is C11H14FN3OS. The molecule has 6 heteroatoms. The fourth-order valence-corrected chi connectivity index (χ4v) is 2.01. The van der Waals surface area contributed by atoms with Crippen molar-refractivity contribution >= 4 is 22.6 Å². The molecule has 0 fully saturated rings. The summed E-state index contributed by atoms with van der Waals surface area (Å²) in [6.45, 7) is 0.488. The number of thioether (sulfide) groups is 1. The minimum atomic E-state index is -0.474. The summed E-state index contributed by atoms with van der Waals surface area (Å²) in [4.78, 5) is 4.25. The van der Waals surface area contributed by atoms with Crippen molar-refractivity contribution in [3.05, 3.63) is 24.3 Å². The molecule has 1 aromatic rings. The van der Waals surface area contributed by atoms with Gasteiger partial charge in [-0.25, -0.2) is 4.39 Å². The van der Waals surface area contributed by atoms with Gasteiger partial charge in [-0.3, -0.25) is 15.8 Å². The van der Waals surface area contributed by atoms with E-state index in [4.69, 9.17) is 4.74 Å². The zero-order valence-corrected chi connectivity index (χ0v) is 10.1. The van der Waals surface area contributed by atoms with Gasteiger partial charge in [0.25, 0.3) is 0 Å². The summed E-state index contributed by atoms with van der Waals surface area (Å²) in [5.41, 5.74) is 6.97. The topological polar surface area (TPSA) is 45.6 Å². The van der Waals surface area contributed by atoms with Gasteiger partial charge in [0.05, 0.1) is 12.2 Å². The molecule has 0 aliphatic carbocycles. The Bertz CT molecular complexity index is 383. The third-order valence-electron chi connectivity index (χ3n) is 2.10. The first-order valence-corrected chi connectivity index (χ1v) is 6.35. The van der Waals surface area contributed by atoms with Crippen LogP contribution in [0.1, 0.15) is 0 Å². The van der Waals surface area contributed by atoms with Crippen molar-refractivity contribution in [2.24, 2.45) is 4.99 Å². The Morgan fingerprint density at radius 3 is 2.76 bits per heavy atom. The predicted octanol–water partition coefficient (Wildman–Crippen LogP) is 2.05. The maximum Gasteiger partial charge on any atom is 0.175 e. The summed E-state index contributed by atoms with van der Waals surface area (Å²) >= 11 is 1.69. The molecule has 4 nitrogen and oxygen atoms in total. The summed E-state index contributed by atoms with van der Waals surface area (Å²) in [7, 11) is 0. The average molecular weight is 255 g/mol. The van der Waals surface area contributed by atoms with E-state index in [1.165, 1.54) is 0 Å². The SMILES string of the molecule is FCCOc1ccc(NNC2=NCCS2)cc1. The molecule has 0 spiro atoms. The second-order valence-corrected chi connectivity index (χ2v) is 4.43. The Balaban J connectivity index is 1.80. The fraction of sp³-hybridized carbons (Fsp3) is 0.364. The molecule has 1 aromatic carbocycles. The number of nitrogens with one attached hydrogen (secondary N) is 2. The van der Waals surface area contributed by atoms with Crippen LogP contribution in [0, 0.1) is 0 Å². The molecule has 0 unspecified atom stereocenters. The van der Waals surface area contributed by atoms with E-state index in [1.807, 2.05) is 12.1 Å². The lowest BCUT2D eigenvalue weighted by Gasteiger charge is -2.09. The average Bonchev–Trinajstić information content (AvgIpc) is 2.88. The zero-order valence-electron chi connectivity index (χ0n) is 9.28. The summed E-state index contributed by atoms with van der Waals surface area (Å²) in [6.07, 6.45) is 0. The van der Waals surface area contributed by atoms with E-state index >= 15 is 0 Å². The molecule has 1 aliphatic rings. The molecule has 0 atom stereocenters. The number of nitrogens with zero attached hydrogens (tertiary/aromatic N) is 1. The van der Waals surface area contributed by atoms with Crippen LogP contribution in [0.4, 0.5) is 10.1 Å². The highest BCUT2D eigenvalue weighted by Gasteiger charge is 2.05. The normalized spacial score (nSPS) is 14.3. The second-order valence-electron chi connectivity index (χ2n) is 3.35. The number of benzene rings is 1. The summed E-state index contributed by atoms with van der Waals surface area (Å²) in [5.74, 6) is 1.70. The van der Waals surface area contributed by atoms with Crippen molar-refractivity contribution in [1.82, 2.24) is 5.43 Å². The number of aliphatic imine (C=N–C) groups is 1. The van der Waals surface area contributed by atoms with Crippen LogP contribution >= 0.6 is 11.8 Å². The first-order chi connectivity index (χ1) is 8.38. The van der Waals surface area contributed by atoms with E-state index in [0.717, 1.165) is 23.2 Å². The van der Waals surface area contributed by atoms with Crippen LogP contribution in [0.2, 0.25) is 0 Å². The molecule has 2 N–H and O–H groups in total. The molecule has 1 heterocycles. The molecule has 0 bridgehead atoms. The molecule has 0 aromatic heterocycles. The summed E-state index contributed by atoms with van der Waals surface area (Å²) < 4.78 is 17.0. The van der Waals surface area contributed by atoms with Gasteiger partial charge in [0.15, 0.2) is 5.17 Å². The first kappa shape index (κ1) is 12.0. The number of anilines is 1. The molecule has 0 radical (unpaired) electrons. The minimum Gasteiger partial charge on any atom is -0.491 e. The van der Waals surface area contributed by atoms with Gasteiger partial charge < -0.3 is 4.74 Å². The van der Waals surface area contributed by atoms with Gasteiger partial charge in [-0.1, -0.05) is 11.8 Å². The van der Waals surface area contributed by atoms with Gasteiger partial charge in [0.1, 0.15) is 19.0 Å². The van der Waals surface area contributed by atoms with E-state index in [9.17, 15) is 4.39 Å². The third-order valence-corrected chi connectivity index (χ3v) is 2.99. The van der Waals surface area contributed by atoms with E-state index in [1.54, 1.807) is 23.9 Å². The van der Waals surface area contributed by atoms with Crippen LogP contribution in [0.5, 0.6) is 5.75 Å². The lowest BCUT2D eigenvalue weighted by molar-refractivity contribution is 0.273. The van der Waals surface area contributed by atoms with Gasteiger partial charge in [0.2, 0.25) is 0 Å². The third kappa shape index (κ3) is 3.81. The molecule has 2 rings (SSSR count). The number of rotatable bonds is 5. The molecule has 92 valence electrons. The van der Waals surface area contributed by atoms with Crippen LogP contribution in [0.25, 0.3) is 0 Å². The van der Waals surface area contributed by atoms with Crippen LogP contribution in [0.3, 0.4) is 0 Å². The van der Waals surface area contributed by atoms with E-state index in [-0.39, 0.29) is 6.61 Å². The number of hydrogen-bond acceptors (Lipinski definition) is 5. The molecular weight excluding hydrogens is 241 g/mol. The van der Waals surface area contributed by atoms with Gasteiger partial charge in [-0.15, -0.1) is 0 Å². The van der Waals surface area contributed by atoms with Crippen molar-refractivity contribution in [1.29, 1.82) is 0 Å². The Hall–Kier alpha value is -1.43. The van der Waals surface area contributed by atoms with Gasteiger partial charge in [-0.05, 0) is 24.3 Å². The Labute approximate surface area is 104 Å². The molecule has 0 saturated carbocycles. The number of hydrogen-bond donors (Lipinski definition) is 2. The summed E-state index contributed by atoms with van der Waals surface area (Å²) in [5, 5.41) is 0.905. The van der Waals surface area contributed by atoms with Gasteiger partial charge in [0, 0.05) is 5.75 Å². The highest BCUT2D eigenvalue weighted by Crippen LogP contribution is 2.15. The predicted molar refractivity (Wildman–Crippen MR) is 69.4 cm³/mol. The van der Waals surface area contributed by atoms with Crippen LogP contribution in [0.15, 0.2) is 29.3 Å². The standard InChI is InChI=1S/C11H14FN3OS/c12-5-7-16-10-3-1-9(2-4-10)14-15-11-13-6-8-17-11/h1-4,14H,5-8H2,(H,13,15). The monoisotopic (exact) mass is 255 g/mol. The number of hydrazine groups is 1. The largest absolute Gasteiger partial charge is 0.491 e. The molecule has 17 heavy (non-hydrogen) atoms. The van der Waals surface area contributed by atoms with Crippen molar-refractivity contribution in [3.63, 3.8) is 0 Å². The molecule has 0 saturated heterocycles. The van der Waals surface area contributed by atoms with Crippen molar-refractivity contribution in [2.45, 2.75) is 0 Å². The molecule has 1 aliphatic heterocycles. The zero-order chi connectivity index (χ0) is 11.9.